The standard InChI is InChI=1S/C12H21N3O4S/c1-20-12(4-2-3-5-12)7-14-11(19)15-8(10(17)18)6-9(13)16/h8H,2-7H2,1H3,(H2,13,16)(H,17,18)(H2,14,15,19)/t8-/m0/s1. The molecule has 1 aliphatic carbocycles. The van der Waals surface area contributed by atoms with Crippen molar-refractivity contribution in [2.24, 2.45) is 5.73 Å². The summed E-state index contributed by atoms with van der Waals surface area (Å²) in [6.07, 6.45) is 5.96. The Bertz CT molecular complexity index is 383. The van der Waals surface area contributed by atoms with Crippen LogP contribution in [0, 0.1) is 0 Å². The Kier molecular flexibility index (Phi) is 6.12. The molecule has 0 aromatic rings. The molecule has 0 unspecified atom stereocenters. The Morgan fingerprint density at radius 3 is 2.40 bits per heavy atom. The summed E-state index contributed by atoms with van der Waals surface area (Å²) in [5.41, 5.74) is 4.95. The second kappa shape index (κ2) is 7.37. The van der Waals surface area contributed by atoms with Gasteiger partial charge in [-0.1, -0.05) is 12.8 Å². The summed E-state index contributed by atoms with van der Waals surface area (Å²) in [5, 5.41) is 13.8. The summed E-state index contributed by atoms with van der Waals surface area (Å²) in [6.45, 7) is 0.489. The van der Waals surface area contributed by atoms with Crippen molar-refractivity contribution >= 4 is 29.7 Å². The van der Waals surface area contributed by atoms with E-state index in [9.17, 15) is 14.4 Å². The van der Waals surface area contributed by atoms with E-state index in [0.717, 1.165) is 25.7 Å². The highest BCUT2D eigenvalue weighted by atomic mass is 32.2. The van der Waals surface area contributed by atoms with Gasteiger partial charge < -0.3 is 21.5 Å². The van der Waals surface area contributed by atoms with Gasteiger partial charge in [0.1, 0.15) is 6.04 Å². The van der Waals surface area contributed by atoms with Crippen molar-refractivity contribution in [2.45, 2.75) is 42.9 Å². The minimum absolute atomic E-state index is 0.0414. The van der Waals surface area contributed by atoms with Crippen LogP contribution in [-0.4, -0.2) is 46.6 Å². The van der Waals surface area contributed by atoms with Crippen LogP contribution in [0.1, 0.15) is 32.1 Å². The molecule has 5 N–H and O–H groups in total. The molecular formula is C12H21N3O4S. The topological polar surface area (TPSA) is 122 Å². The van der Waals surface area contributed by atoms with E-state index in [1.807, 2.05) is 6.26 Å². The first-order valence-electron chi connectivity index (χ1n) is 6.49. The van der Waals surface area contributed by atoms with Crippen LogP contribution < -0.4 is 16.4 Å². The van der Waals surface area contributed by atoms with Crippen molar-refractivity contribution in [3.63, 3.8) is 0 Å². The SMILES string of the molecule is CSC1(CNC(=O)N[C@@H](CC(N)=O)C(=O)O)CCCC1. The molecule has 0 bridgehead atoms. The highest BCUT2D eigenvalue weighted by molar-refractivity contribution is 8.00. The van der Waals surface area contributed by atoms with Gasteiger partial charge in [-0.2, -0.15) is 11.8 Å². The lowest BCUT2D eigenvalue weighted by Gasteiger charge is -2.27. The molecule has 1 atom stereocenters. The summed E-state index contributed by atoms with van der Waals surface area (Å²) in [6, 6.07) is -1.87. The predicted octanol–water partition coefficient (Wildman–Crippen LogP) is 0.290. The molecule has 3 amide bonds. The van der Waals surface area contributed by atoms with Crippen LogP contribution in [0.4, 0.5) is 4.79 Å². The van der Waals surface area contributed by atoms with E-state index in [1.165, 1.54) is 0 Å². The molecule has 1 aliphatic rings. The fraction of sp³-hybridized carbons (Fsp3) is 0.750. The number of thioether (sulfide) groups is 1. The molecule has 0 heterocycles. The minimum atomic E-state index is -1.29. The van der Waals surface area contributed by atoms with Crippen LogP contribution in [0.25, 0.3) is 0 Å². The van der Waals surface area contributed by atoms with Gasteiger partial charge in [-0.3, -0.25) is 4.79 Å². The number of carbonyl (C=O) groups is 3. The minimum Gasteiger partial charge on any atom is -0.480 e. The van der Waals surface area contributed by atoms with Crippen molar-refractivity contribution in [3.8, 4) is 0 Å². The Balaban J connectivity index is 2.45. The first-order chi connectivity index (χ1) is 9.38. The van der Waals surface area contributed by atoms with Gasteiger partial charge in [0.05, 0.1) is 6.42 Å². The third kappa shape index (κ3) is 4.92. The van der Waals surface area contributed by atoms with Gasteiger partial charge in [-0.05, 0) is 19.1 Å². The van der Waals surface area contributed by atoms with Crippen LogP contribution >= 0.6 is 11.8 Å². The summed E-state index contributed by atoms with van der Waals surface area (Å²) >= 11 is 1.72. The molecule has 0 radical (unpaired) electrons. The number of carbonyl (C=O) groups excluding carboxylic acids is 2. The number of rotatable bonds is 7. The zero-order chi connectivity index (χ0) is 15.2. The zero-order valence-corrected chi connectivity index (χ0v) is 12.3. The molecule has 7 nitrogen and oxygen atoms in total. The van der Waals surface area contributed by atoms with Gasteiger partial charge in [-0.25, -0.2) is 9.59 Å². The molecule has 114 valence electrons. The maximum Gasteiger partial charge on any atom is 0.326 e. The largest absolute Gasteiger partial charge is 0.480 e. The summed E-state index contributed by atoms with van der Waals surface area (Å²) < 4.78 is 0.0414. The fourth-order valence-electron chi connectivity index (χ4n) is 2.32. The molecule has 0 aliphatic heterocycles. The van der Waals surface area contributed by atoms with Crippen molar-refractivity contribution in [1.82, 2.24) is 10.6 Å². The molecule has 8 heteroatoms. The number of urea groups is 1. The van der Waals surface area contributed by atoms with Crippen LogP contribution in [0.2, 0.25) is 0 Å². The Hall–Kier alpha value is -1.44. The van der Waals surface area contributed by atoms with Crippen molar-refractivity contribution in [1.29, 1.82) is 0 Å². The van der Waals surface area contributed by atoms with Gasteiger partial charge in [-0.15, -0.1) is 0 Å². The lowest BCUT2D eigenvalue weighted by atomic mass is 10.1. The van der Waals surface area contributed by atoms with E-state index in [1.54, 1.807) is 11.8 Å². The fourth-order valence-corrected chi connectivity index (χ4v) is 3.24. The Morgan fingerprint density at radius 2 is 1.95 bits per heavy atom. The predicted molar refractivity (Wildman–Crippen MR) is 76.5 cm³/mol. The Morgan fingerprint density at radius 1 is 1.35 bits per heavy atom. The van der Waals surface area contributed by atoms with E-state index in [2.05, 4.69) is 10.6 Å². The van der Waals surface area contributed by atoms with Gasteiger partial charge in [0.2, 0.25) is 5.91 Å². The van der Waals surface area contributed by atoms with Crippen LogP contribution in [-0.2, 0) is 9.59 Å². The number of amides is 3. The second-order valence-corrected chi connectivity index (χ2v) is 6.26. The lowest BCUT2D eigenvalue weighted by Crippen LogP contribution is -2.50. The maximum absolute atomic E-state index is 11.7. The molecule has 0 aromatic carbocycles. The Labute approximate surface area is 122 Å². The van der Waals surface area contributed by atoms with E-state index in [-0.39, 0.29) is 4.75 Å². The number of nitrogens with two attached hydrogens (primary N) is 1. The molecule has 0 saturated heterocycles. The van der Waals surface area contributed by atoms with E-state index >= 15 is 0 Å². The average molecular weight is 303 g/mol. The van der Waals surface area contributed by atoms with Crippen LogP contribution in [0.15, 0.2) is 0 Å². The summed E-state index contributed by atoms with van der Waals surface area (Å²) in [4.78, 5) is 33.3. The molecule has 1 saturated carbocycles. The molecule has 1 fully saturated rings. The zero-order valence-electron chi connectivity index (χ0n) is 11.5. The van der Waals surface area contributed by atoms with Crippen LogP contribution in [0.5, 0.6) is 0 Å². The van der Waals surface area contributed by atoms with Gasteiger partial charge >= 0.3 is 12.0 Å². The van der Waals surface area contributed by atoms with Gasteiger partial charge in [0.25, 0.3) is 0 Å². The number of hydrogen-bond acceptors (Lipinski definition) is 4. The lowest BCUT2D eigenvalue weighted by molar-refractivity contribution is -0.140. The molecule has 1 rings (SSSR count). The highest BCUT2D eigenvalue weighted by Crippen LogP contribution is 2.39. The van der Waals surface area contributed by atoms with Crippen molar-refractivity contribution in [2.75, 3.05) is 12.8 Å². The van der Waals surface area contributed by atoms with Gasteiger partial charge in [0, 0.05) is 11.3 Å². The third-order valence-corrected chi connectivity index (χ3v) is 4.95. The monoisotopic (exact) mass is 303 g/mol. The van der Waals surface area contributed by atoms with E-state index in [0.29, 0.717) is 6.54 Å². The number of carboxylic acids is 1. The third-order valence-electron chi connectivity index (χ3n) is 3.53. The number of aliphatic carboxylic acids is 1. The normalized spacial score (nSPS) is 18.2. The van der Waals surface area contributed by atoms with Crippen molar-refractivity contribution < 1.29 is 19.5 Å². The van der Waals surface area contributed by atoms with Gasteiger partial charge in [0.15, 0.2) is 0 Å². The molecule has 0 aromatic heterocycles. The first-order valence-corrected chi connectivity index (χ1v) is 7.72. The first kappa shape index (κ1) is 16.6. The molecular weight excluding hydrogens is 282 g/mol. The summed E-state index contributed by atoms with van der Waals surface area (Å²) in [7, 11) is 0. The quantitative estimate of drug-likeness (QED) is 0.538. The van der Waals surface area contributed by atoms with E-state index in [4.69, 9.17) is 10.8 Å². The number of primary amides is 1. The van der Waals surface area contributed by atoms with Crippen molar-refractivity contribution in [3.05, 3.63) is 0 Å². The number of nitrogens with one attached hydrogen (secondary N) is 2. The summed E-state index contributed by atoms with van der Waals surface area (Å²) in [5.74, 6) is -2.05. The van der Waals surface area contributed by atoms with Crippen LogP contribution in [0.3, 0.4) is 0 Å². The second-order valence-electron chi connectivity index (χ2n) is 4.98. The molecule has 20 heavy (non-hydrogen) atoms. The smallest absolute Gasteiger partial charge is 0.326 e. The average Bonchev–Trinajstić information content (AvgIpc) is 2.84. The number of hydrogen-bond donors (Lipinski definition) is 4. The highest BCUT2D eigenvalue weighted by Gasteiger charge is 2.33. The van der Waals surface area contributed by atoms with E-state index < -0.39 is 30.4 Å². The number of carboxylic acid groups (broad SMARTS) is 1. The molecule has 0 spiro atoms. The maximum atomic E-state index is 11.7.